The van der Waals surface area contributed by atoms with Crippen LogP contribution in [0.1, 0.15) is 42.5 Å². The predicted molar refractivity (Wildman–Crippen MR) is 103 cm³/mol. The second kappa shape index (κ2) is 9.05. The van der Waals surface area contributed by atoms with Gasteiger partial charge in [0.05, 0.1) is 11.6 Å². The highest BCUT2D eigenvalue weighted by atomic mass is 16.5. The van der Waals surface area contributed by atoms with E-state index in [1.807, 2.05) is 30.3 Å². The predicted octanol–water partition coefficient (Wildman–Crippen LogP) is 3.98. The van der Waals surface area contributed by atoms with Gasteiger partial charge in [-0.25, -0.2) is 4.79 Å². The molecule has 1 saturated carbocycles. The molecule has 6 heteroatoms. The number of ether oxygens (including phenoxy) is 2. The summed E-state index contributed by atoms with van der Waals surface area (Å²) in [7, 11) is 0. The minimum absolute atomic E-state index is 0.286. The number of para-hydroxylation sites is 1. The maximum absolute atomic E-state index is 12.3. The van der Waals surface area contributed by atoms with E-state index in [1.54, 1.807) is 24.3 Å². The fourth-order valence-corrected chi connectivity index (χ4v) is 3.25. The highest BCUT2D eigenvalue weighted by Crippen LogP contribution is 2.27. The molecule has 0 aliphatic heterocycles. The molecule has 0 aromatic heterocycles. The first kappa shape index (κ1) is 19.4. The largest absolute Gasteiger partial charge is 0.457 e. The van der Waals surface area contributed by atoms with Crippen molar-refractivity contribution in [3.8, 4) is 17.6 Å². The summed E-state index contributed by atoms with van der Waals surface area (Å²) in [6.45, 7) is -0.425. The molecular formula is C22H22N2O4. The fraction of sp³-hybridized carbons (Fsp3) is 0.318. The molecular weight excluding hydrogens is 356 g/mol. The Bertz CT molecular complexity index is 868. The van der Waals surface area contributed by atoms with Gasteiger partial charge in [0, 0.05) is 0 Å². The molecule has 0 spiro atoms. The number of carbonyl (C=O) groups excluding carboxylic acids is 2. The number of nitriles is 1. The van der Waals surface area contributed by atoms with E-state index in [2.05, 4.69) is 11.4 Å². The standard InChI is InChI=1S/C22H22N2O4/c23-16-22(12-5-2-6-13-22)24-20(25)15-27-21(26)17-8-7-11-19(14-17)28-18-9-3-1-4-10-18/h1,3-4,7-11,14H,2,5-6,12-13,15H2,(H,24,25). The van der Waals surface area contributed by atoms with Gasteiger partial charge in [-0.05, 0) is 43.2 Å². The van der Waals surface area contributed by atoms with Crippen molar-refractivity contribution in [2.75, 3.05) is 6.61 Å². The fourth-order valence-electron chi connectivity index (χ4n) is 3.25. The zero-order valence-electron chi connectivity index (χ0n) is 15.5. The average molecular weight is 378 g/mol. The van der Waals surface area contributed by atoms with Crippen molar-refractivity contribution in [3.05, 3.63) is 60.2 Å². The molecule has 144 valence electrons. The maximum atomic E-state index is 12.3. The Morgan fingerprint density at radius 3 is 2.43 bits per heavy atom. The zero-order chi connectivity index (χ0) is 19.8. The van der Waals surface area contributed by atoms with Gasteiger partial charge in [-0.2, -0.15) is 5.26 Å². The summed E-state index contributed by atoms with van der Waals surface area (Å²) in [5.41, 5.74) is -0.556. The van der Waals surface area contributed by atoms with Crippen LogP contribution >= 0.6 is 0 Å². The number of hydrogen-bond acceptors (Lipinski definition) is 5. The van der Waals surface area contributed by atoms with Crippen LogP contribution in [0.2, 0.25) is 0 Å². The van der Waals surface area contributed by atoms with Gasteiger partial charge in [-0.3, -0.25) is 4.79 Å². The molecule has 1 amide bonds. The second-order valence-corrected chi connectivity index (χ2v) is 6.82. The lowest BCUT2D eigenvalue weighted by Gasteiger charge is -2.31. The lowest BCUT2D eigenvalue weighted by Crippen LogP contribution is -2.50. The van der Waals surface area contributed by atoms with Crippen molar-refractivity contribution in [2.24, 2.45) is 0 Å². The molecule has 2 aromatic carbocycles. The minimum atomic E-state index is -0.842. The molecule has 0 atom stereocenters. The Labute approximate surface area is 164 Å². The van der Waals surface area contributed by atoms with E-state index in [9.17, 15) is 14.9 Å². The van der Waals surface area contributed by atoms with Crippen molar-refractivity contribution >= 4 is 11.9 Å². The molecule has 28 heavy (non-hydrogen) atoms. The number of rotatable bonds is 6. The van der Waals surface area contributed by atoms with Gasteiger partial charge in [0.1, 0.15) is 17.0 Å². The van der Waals surface area contributed by atoms with Gasteiger partial charge in [-0.1, -0.05) is 43.5 Å². The monoisotopic (exact) mass is 378 g/mol. The van der Waals surface area contributed by atoms with Gasteiger partial charge in [0.2, 0.25) is 0 Å². The van der Waals surface area contributed by atoms with Gasteiger partial charge < -0.3 is 14.8 Å². The summed E-state index contributed by atoms with van der Waals surface area (Å²) in [6, 6.07) is 18.0. The van der Waals surface area contributed by atoms with Crippen LogP contribution in [-0.4, -0.2) is 24.0 Å². The van der Waals surface area contributed by atoms with E-state index in [-0.39, 0.29) is 5.56 Å². The van der Waals surface area contributed by atoms with E-state index >= 15 is 0 Å². The first-order chi connectivity index (χ1) is 13.6. The number of amides is 1. The van der Waals surface area contributed by atoms with Gasteiger partial charge in [0.15, 0.2) is 6.61 Å². The summed E-state index contributed by atoms with van der Waals surface area (Å²) in [4.78, 5) is 24.4. The van der Waals surface area contributed by atoms with Crippen molar-refractivity contribution in [3.63, 3.8) is 0 Å². The first-order valence-electron chi connectivity index (χ1n) is 9.33. The van der Waals surface area contributed by atoms with Crippen LogP contribution in [0.5, 0.6) is 11.5 Å². The Hall–Kier alpha value is -3.33. The summed E-state index contributed by atoms with van der Waals surface area (Å²) in [5, 5.41) is 12.1. The van der Waals surface area contributed by atoms with Crippen LogP contribution in [0.25, 0.3) is 0 Å². The number of nitrogens with zero attached hydrogens (tertiary/aromatic N) is 1. The van der Waals surface area contributed by atoms with Crippen LogP contribution in [-0.2, 0) is 9.53 Å². The molecule has 2 aromatic rings. The van der Waals surface area contributed by atoms with E-state index < -0.39 is 24.0 Å². The highest BCUT2D eigenvalue weighted by Gasteiger charge is 2.33. The third-order valence-electron chi connectivity index (χ3n) is 4.68. The smallest absolute Gasteiger partial charge is 0.338 e. The molecule has 1 N–H and O–H groups in total. The second-order valence-electron chi connectivity index (χ2n) is 6.82. The van der Waals surface area contributed by atoms with E-state index in [4.69, 9.17) is 9.47 Å². The van der Waals surface area contributed by atoms with Crippen molar-refractivity contribution in [1.82, 2.24) is 5.32 Å². The maximum Gasteiger partial charge on any atom is 0.338 e. The Morgan fingerprint density at radius 1 is 1.00 bits per heavy atom. The van der Waals surface area contributed by atoms with Gasteiger partial charge >= 0.3 is 5.97 Å². The molecule has 6 nitrogen and oxygen atoms in total. The van der Waals surface area contributed by atoms with E-state index in [0.717, 1.165) is 19.3 Å². The summed E-state index contributed by atoms with van der Waals surface area (Å²) in [5.74, 6) is 0.0641. The summed E-state index contributed by atoms with van der Waals surface area (Å²) < 4.78 is 10.8. The summed E-state index contributed by atoms with van der Waals surface area (Å²) >= 11 is 0. The van der Waals surface area contributed by atoms with Crippen LogP contribution in [0.3, 0.4) is 0 Å². The molecule has 0 unspecified atom stereocenters. The number of hydrogen-bond donors (Lipinski definition) is 1. The molecule has 3 rings (SSSR count). The molecule has 1 fully saturated rings. The lowest BCUT2D eigenvalue weighted by molar-refractivity contribution is -0.125. The third-order valence-corrected chi connectivity index (χ3v) is 4.68. The van der Waals surface area contributed by atoms with Gasteiger partial charge in [-0.15, -0.1) is 0 Å². The quantitative estimate of drug-likeness (QED) is 0.768. The van der Waals surface area contributed by atoms with Crippen molar-refractivity contribution in [1.29, 1.82) is 5.26 Å². The summed E-state index contributed by atoms with van der Waals surface area (Å²) in [6.07, 6.45) is 4.13. The normalized spacial score (nSPS) is 15.1. The van der Waals surface area contributed by atoms with Crippen LogP contribution in [0.4, 0.5) is 0 Å². The lowest BCUT2D eigenvalue weighted by atomic mass is 9.83. The van der Waals surface area contributed by atoms with Crippen LogP contribution < -0.4 is 10.1 Å². The zero-order valence-corrected chi connectivity index (χ0v) is 15.5. The topological polar surface area (TPSA) is 88.4 Å². The number of nitrogens with one attached hydrogen (secondary N) is 1. The molecule has 0 bridgehead atoms. The van der Waals surface area contributed by atoms with Crippen molar-refractivity contribution in [2.45, 2.75) is 37.6 Å². The van der Waals surface area contributed by atoms with E-state index in [0.29, 0.717) is 24.3 Å². The Kier molecular flexibility index (Phi) is 6.28. The van der Waals surface area contributed by atoms with E-state index in [1.165, 1.54) is 0 Å². The molecule has 1 aliphatic carbocycles. The van der Waals surface area contributed by atoms with Crippen molar-refractivity contribution < 1.29 is 19.1 Å². The van der Waals surface area contributed by atoms with Crippen LogP contribution in [0, 0.1) is 11.3 Å². The Morgan fingerprint density at radius 2 is 1.71 bits per heavy atom. The van der Waals surface area contributed by atoms with Crippen LogP contribution in [0.15, 0.2) is 54.6 Å². The minimum Gasteiger partial charge on any atom is -0.457 e. The average Bonchev–Trinajstić information content (AvgIpc) is 2.73. The number of carbonyl (C=O) groups is 2. The number of benzene rings is 2. The molecule has 1 aliphatic rings. The molecule has 0 saturated heterocycles. The first-order valence-corrected chi connectivity index (χ1v) is 9.33. The highest BCUT2D eigenvalue weighted by molar-refractivity contribution is 5.91. The third kappa shape index (κ3) is 5.10. The molecule has 0 radical (unpaired) electrons. The Balaban J connectivity index is 1.55. The SMILES string of the molecule is N#CC1(NC(=O)COC(=O)c2cccc(Oc3ccccc3)c2)CCCCC1. The number of esters is 1. The van der Waals surface area contributed by atoms with Gasteiger partial charge in [0.25, 0.3) is 5.91 Å². The molecule has 0 heterocycles.